The molecule has 1 aromatic heterocycles. The van der Waals surface area contributed by atoms with Gasteiger partial charge in [-0.1, -0.05) is 0 Å². The highest BCUT2D eigenvalue weighted by Crippen LogP contribution is 1.95. The molecule has 0 atom stereocenters. The van der Waals surface area contributed by atoms with E-state index in [-0.39, 0.29) is 6.54 Å². The Morgan fingerprint density at radius 3 is 2.93 bits per heavy atom. The van der Waals surface area contributed by atoms with E-state index in [1.54, 1.807) is 25.3 Å². The van der Waals surface area contributed by atoms with Crippen molar-refractivity contribution >= 4 is 10.0 Å². The third-order valence-corrected chi connectivity index (χ3v) is 2.65. The molecule has 7 heteroatoms. The van der Waals surface area contributed by atoms with E-state index in [2.05, 4.69) is 14.7 Å². The number of nitriles is 1. The van der Waals surface area contributed by atoms with Crippen LogP contribution in [0.5, 0.6) is 0 Å². The molecule has 1 rings (SSSR count). The average Bonchev–Trinajstić information content (AvgIpc) is 2.15. The van der Waals surface area contributed by atoms with E-state index in [0.29, 0.717) is 11.5 Å². The molecule has 6 nitrogen and oxygen atoms in total. The first kappa shape index (κ1) is 11.6. The van der Waals surface area contributed by atoms with Gasteiger partial charge in [-0.3, -0.25) is 0 Å². The van der Waals surface area contributed by atoms with Gasteiger partial charge in [-0.25, -0.2) is 23.1 Å². The van der Waals surface area contributed by atoms with Gasteiger partial charge in [0.1, 0.15) is 5.82 Å². The van der Waals surface area contributed by atoms with Crippen molar-refractivity contribution in [1.82, 2.24) is 14.7 Å². The fourth-order valence-electron chi connectivity index (χ4n) is 0.924. The van der Waals surface area contributed by atoms with Crippen LogP contribution in [-0.2, 0) is 16.6 Å². The van der Waals surface area contributed by atoms with Crippen molar-refractivity contribution in [3.63, 3.8) is 0 Å². The van der Waals surface area contributed by atoms with E-state index < -0.39 is 15.8 Å². The van der Waals surface area contributed by atoms with Crippen LogP contribution >= 0.6 is 0 Å². The minimum absolute atomic E-state index is 0.0768. The number of rotatable bonds is 4. The molecule has 0 aliphatic carbocycles. The number of nitrogens with one attached hydrogen (secondary N) is 1. The molecule has 80 valence electrons. The Labute approximate surface area is 88.0 Å². The van der Waals surface area contributed by atoms with Crippen LogP contribution < -0.4 is 4.72 Å². The monoisotopic (exact) mass is 226 g/mol. The number of sulfonamides is 1. The van der Waals surface area contributed by atoms with Gasteiger partial charge in [-0.2, -0.15) is 5.26 Å². The maximum absolute atomic E-state index is 11.1. The molecule has 0 radical (unpaired) electrons. The maximum Gasteiger partial charge on any atom is 0.225 e. The summed E-state index contributed by atoms with van der Waals surface area (Å²) in [6.07, 6.45) is 1.55. The first-order valence-corrected chi connectivity index (χ1v) is 5.81. The number of nitrogens with zero attached hydrogens (tertiary/aromatic N) is 3. The molecular weight excluding hydrogens is 216 g/mol. The highest BCUT2D eigenvalue weighted by atomic mass is 32.2. The Morgan fingerprint density at radius 1 is 1.60 bits per heavy atom. The van der Waals surface area contributed by atoms with Crippen molar-refractivity contribution in [2.24, 2.45) is 0 Å². The molecule has 0 amide bonds. The summed E-state index contributed by atoms with van der Waals surface area (Å²) in [5, 5.41) is 8.25. The lowest BCUT2D eigenvalue weighted by Gasteiger charge is -2.02. The van der Waals surface area contributed by atoms with Crippen LogP contribution in [0, 0.1) is 18.3 Å². The van der Waals surface area contributed by atoms with E-state index in [1.807, 2.05) is 0 Å². The van der Waals surface area contributed by atoms with Crippen LogP contribution in [0.15, 0.2) is 12.3 Å². The molecule has 0 saturated heterocycles. The Kier molecular flexibility index (Phi) is 3.71. The summed E-state index contributed by atoms with van der Waals surface area (Å²) in [5.41, 5.74) is 0.573. The van der Waals surface area contributed by atoms with Gasteiger partial charge >= 0.3 is 0 Å². The molecular formula is C8H10N4O2S. The minimum Gasteiger partial charge on any atom is -0.242 e. The maximum atomic E-state index is 11.1. The smallest absolute Gasteiger partial charge is 0.225 e. The zero-order valence-corrected chi connectivity index (χ0v) is 8.95. The van der Waals surface area contributed by atoms with Gasteiger partial charge in [0.2, 0.25) is 10.0 Å². The van der Waals surface area contributed by atoms with Gasteiger partial charge < -0.3 is 0 Å². The number of aryl methyl sites for hydroxylation is 1. The predicted octanol–water partition coefficient (Wildman–Crippen LogP) is -0.272. The summed E-state index contributed by atoms with van der Waals surface area (Å²) in [4.78, 5) is 7.90. The van der Waals surface area contributed by atoms with Crippen LogP contribution in [0.4, 0.5) is 0 Å². The zero-order valence-electron chi connectivity index (χ0n) is 8.14. The van der Waals surface area contributed by atoms with Crippen LogP contribution in [0.3, 0.4) is 0 Å². The third kappa shape index (κ3) is 4.01. The molecule has 1 heterocycles. The lowest BCUT2D eigenvalue weighted by atomic mass is 10.4. The molecule has 0 saturated carbocycles. The topological polar surface area (TPSA) is 95.7 Å². The van der Waals surface area contributed by atoms with Gasteiger partial charge in [-0.05, 0) is 13.0 Å². The minimum atomic E-state index is -3.51. The molecule has 0 bridgehead atoms. The Balaban J connectivity index is 2.62. The number of aromatic nitrogens is 2. The van der Waals surface area contributed by atoms with Crippen LogP contribution in [0.1, 0.15) is 11.5 Å². The summed E-state index contributed by atoms with van der Waals surface area (Å²) in [6.45, 7) is 1.79. The Hall–Kier alpha value is -1.52. The lowest BCUT2D eigenvalue weighted by Crippen LogP contribution is -2.25. The molecule has 0 aromatic carbocycles. The van der Waals surface area contributed by atoms with Crippen molar-refractivity contribution in [1.29, 1.82) is 5.26 Å². The number of hydrogen-bond acceptors (Lipinski definition) is 5. The summed E-state index contributed by atoms with van der Waals surface area (Å²) in [6, 6.07) is 3.19. The van der Waals surface area contributed by atoms with Crippen molar-refractivity contribution in [3.05, 3.63) is 23.8 Å². The average molecular weight is 226 g/mol. The fraction of sp³-hybridized carbons (Fsp3) is 0.375. The number of hydrogen-bond donors (Lipinski definition) is 1. The quantitative estimate of drug-likeness (QED) is 0.762. The van der Waals surface area contributed by atoms with E-state index >= 15 is 0 Å². The second-order valence-corrected chi connectivity index (χ2v) is 4.64. The fourth-order valence-corrected chi connectivity index (χ4v) is 1.56. The second-order valence-electron chi connectivity index (χ2n) is 2.83. The van der Waals surface area contributed by atoms with Crippen molar-refractivity contribution < 1.29 is 8.42 Å². The molecule has 0 aliphatic rings. The largest absolute Gasteiger partial charge is 0.242 e. The van der Waals surface area contributed by atoms with Crippen molar-refractivity contribution in [3.8, 4) is 6.07 Å². The normalized spacial score (nSPS) is 10.9. The molecule has 1 N–H and O–H groups in total. The van der Waals surface area contributed by atoms with Crippen LogP contribution in [0.2, 0.25) is 0 Å². The van der Waals surface area contributed by atoms with E-state index in [1.165, 1.54) is 0 Å². The molecule has 0 spiro atoms. The Bertz CT molecular complexity index is 478. The molecule has 0 unspecified atom stereocenters. The lowest BCUT2D eigenvalue weighted by molar-refractivity contribution is 0.583. The predicted molar refractivity (Wildman–Crippen MR) is 53.0 cm³/mol. The molecule has 0 aliphatic heterocycles. The van der Waals surface area contributed by atoms with Crippen molar-refractivity contribution in [2.75, 3.05) is 5.75 Å². The first-order chi connectivity index (χ1) is 7.03. The summed E-state index contributed by atoms with van der Waals surface area (Å²) < 4.78 is 24.5. The molecule has 1 aromatic rings. The zero-order chi connectivity index (χ0) is 11.3. The van der Waals surface area contributed by atoms with Crippen LogP contribution in [-0.4, -0.2) is 24.1 Å². The van der Waals surface area contributed by atoms with E-state index in [0.717, 1.165) is 0 Å². The second kappa shape index (κ2) is 4.82. The van der Waals surface area contributed by atoms with Crippen LogP contribution in [0.25, 0.3) is 0 Å². The summed E-state index contributed by atoms with van der Waals surface area (Å²) in [5.74, 6) is 0.0313. The van der Waals surface area contributed by atoms with E-state index in [9.17, 15) is 8.42 Å². The SMILES string of the molecule is Cc1nccc(CNS(=O)(=O)CC#N)n1. The van der Waals surface area contributed by atoms with Gasteiger partial charge in [0.05, 0.1) is 18.3 Å². The first-order valence-electron chi connectivity index (χ1n) is 4.16. The molecule has 15 heavy (non-hydrogen) atoms. The third-order valence-electron chi connectivity index (χ3n) is 1.56. The summed E-state index contributed by atoms with van der Waals surface area (Å²) in [7, 11) is -3.51. The standard InChI is InChI=1S/C8H10N4O2S/c1-7-10-4-2-8(12-7)6-11-15(13,14)5-3-9/h2,4,11H,5-6H2,1H3. The van der Waals surface area contributed by atoms with Gasteiger partial charge in [0, 0.05) is 6.20 Å². The van der Waals surface area contributed by atoms with Gasteiger partial charge in [-0.15, -0.1) is 0 Å². The van der Waals surface area contributed by atoms with Gasteiger partial charge in [0.25, 0.3) is 0 Å². The summed E-state index contributed by atoms with van der Waals surface area (Å²) >= 11 is 0. The highest BCUT2D eigenvalue weighted by molar-refractivity contribution is 7.89. The van der Waals surface area contributed by atoms with E-state index in [4.69, 9.17) is 5.26 Å². The Morgan fingerprint density at radius 2 is 2.33 bits per heavy atom. The highest BCUT2D eigenvalue weighted by Gasteiger charge is 2.08. The van der Waals surface area contributed by atoms with Crippen molar-refractivity contribution in [2.45, 2.75) is 13.5 Å². The van der Waals surface area contributed by atoms with Gasteiger partial charge in [0.15, 0.2) is 5.75 Å². The molecule has 0 fully saturated rings.